The lowest BCUT2D eigenvalue weighted by atomic mass is 9.88. The second-order valence-corrected chi connectivity index (χ2v) is 7.06. The normalized spacial score (nSPS) is 29.1. The first kappa shape index (κ1) is 14.1. The van der Waals surface area contributed by atoms with Crippen LogP contribution in [-0.2, 0) is 0 Å². The van der Waals surface area contributed by atoms with E-state index in [9.17, 15) is 5.11 Å². The molecule has 1 aliphatic heterocycles. The topological polar surface area (TPSA) is 23.5 Å². The average molecular weight is 273 g/mol. The van der Waals surface area contributed by atoms with E-state index >= 15 is 0 Å². The van der Waals surface area contributed by atoms with Gasteiger partial charge in [0.2, 0.25) is 0 Å². The van der Waals surface area contributed by atoms with Crippen LogP contribution in [0.4, 0.5) is 0 Å². The molecule has 1 aromatic carbocycles. The summed E-state index contributed by atoms with van der Waals surface area (Å²) < 4.78 is 0. The summed E-state index contributed by atoms with van der Waals surface area (Å²) in [6.07, 6.45) is 4.83. The van der Waals surface area contributed by atoms with Crippen LogP contribution in [0.25, 0.3) is 0 Å². The number of likely N-dealkylation sites (tertiary alicyclic amines) is 1. The second-order valence-electron chi connectivity index (χ2n) is 7.06. The van der Waals surface area contributed by atoms with Crippen LogP contribution in [-0.4, -0.2) is 34.7 Å². The third kappa shape index (κ3) is 2.64. The zero-order valence-electron chi connectivity index (χ0n) is 12.8. The molecule has 1 saturated carbocycles. The fourth-order valence-electron chi connectivity index (χ4n) is 3.83. The van der Waals surface area contributed by atoms with Crippen LogP contribution >= 0.6 is 0 Å². The van der Waals surface area contributed by atoms with Gasteiger partial charge in [-0.05, 0) is 63.6 Å². The number of aliphatic hydroxyl groups excluding tert-OH is 1. The van der Waals surface area contributed by atoms with E-state index in [2.05, 4.69) is 49.1 Å². The van der Waals surface area contributed by atoms with Crippen molar-refractivity contribution < 1.29 is 5.11 Å². The fraction of sp³-hybridized carbons (Fsp3) is 0.667. The predicted octanol–water partition coefficient (Wildman–Crippen LogP) is 3.42. The summed E-state index contributed by atoms with van der Waals surface area (Å²) in [6, 6.07) is 10.7. The largest absolute Gasteiger partial charge is 0.391 e. The highest BCUT2D eigenvalue weighted by atomic mass is 16.3. The van der Waals surface area contributed by atoms with Crippen LogP contribution in [0.15, 0.2) is 30.3 Å². The minimum Gasteiger partial charge on any atom is -0.391 e. The zero-order valence-corrected chi connectivity index (χ0v) is 12.8. The molecule has 0 aromatic heterocycles. The molecule has 110 valence electrons. The molecule has 1 heterocycles. The number of piperidine rings is 1. The van der Waals surface area contributed by atoms with E-state index < -0.39 is 0 Å². The van der Waals surface area contributed by atoms with Crippen LogP contribution in [0.2, 0.25) is 0 Å². The summed E-state index contributed by atoms with van der Waals surface area (Å²) in [5, 5.41) is 10.9. The molecule has 1 aromatic rings. The van der Waals surface area contributed by atoms with Crippen molar-refractivity contribution >= 4 is 0 Å². The van der Waals surface area contributed by atoms with Crippen molar-refractivity contribution in [3.8, 4) is 0 Å². The van der Waals surface area contributed by atoms with Crippen molar-refractivity contribution in [2.45, 2.75) is 57.1 Å². The fourth-order valence-corrected chi connectivity index (χ4v) is 3.83. The molecular formula is C18H27NO. The monoisotopic (exact) mass is 273 g/mol. The molecule has 1 saturated heterocycles. The minimum absolute atomic E-state index is 0.0887. The molecule has 3 rings (SSSR count). The Kier molecular flexibility index (Phi) is 3.87. The summed E-state index contributed by atoms with van der Waals surface area (Å²) in [5.74, 6) is 1.00. The lowest BCUT2D eigenvalue weighted by Crippen LogP contribution is -2.55. The maximum Gasteiger partial charge on any atom is 0.0752 e. The molecule has 0 spiro atoms. The van der Waals surface area contributed by atoms with Gasteiger partial charge in [-0.3, -0.25) is 4.90 Å². The van der Waals surface area contributed by atoms with E-state index in [1.807, 2.05) is 0 Å². The van der Waals surface area contributed by atoms with E-state index in [0.717, 1.165) is 19.5 Å². The van der Waals surface area contributed by atoms with Gasteiger partial charge < -0.3 is 5.11 Å². The number of hydrogen-bond acceptors (Lipinski definition) is 2. The molecule has 20 heavy (non-hydrogen) atoms. The lowest BCUT2D eigenvalue weighted by molar-refractivity contribution is -0.0312. The van der Waals surface area contributed by atoms with E-state index in [1.54, 1.807) is 0 Å². The van der Waals surface area contributed by atoms with Crippen LogP contribution in [0, 0.1) is 5.92 Å². The minimum atomic E-state index is -0.217. The highest BCUT2D eigenvalue weighted by Crippen LogP contribution is 2.52. The predicted molar refractivity (Wildman–Crippen MR) is 82.8 cm³/mol. The molecule has 3 atom stereocenters. The molecule has 1 aliphatic carbocycles. The van der Waals surface area contributed by atoms with Crippen molar-refractivity contribution in [1.29, 1.82) is 0 Å². The van der Waals surface area contributed by atoms with Gasteiger partial charge in [-0.1, -0.05) is 36.8 Å². The third-order valence-corrected chi connectivity index (χ3v) is 5.37. The lowest BCUT2D eigenvalue weighted by Gasteiger charge is -2.44. The number of aliphatic hydroxyl groups is 1. The van der Waals surface area contributed by atoms with Gasteiger partial charge in [-0.2, -0.15) is 0 Å². The maximum atomic E-state index is 10.9. The van der Waals surface area contributed by atoms with Gasteiger partial charge in [0, 0.05) is 5.54 Å². The number of hydrogen-bond donors (Lipinski definition) is 1. The Hall–Kier alpha value is -0.860. The molecule has 0 amide bonds. The van der Waals surface area contributed by atoms with Crippen molar-refractivity contribution in [2.75, 3.05) is 13.1 Å². The van der Waals surface area contributed by atoms with Crippen molar-refractivity contribution in [3.63, 3.8) is 0 Å². The number of nitrogens with zero attached hydrogens (tertiary/aromatic N) is 1. The second kappa shape index (κ2) is 5.50. The van der Waals surface area contributed by atoms with Crippen LogP contribution < -0.4 is 0 Å². The Morgan fingerprint density at radius 3 is 2.40 bits per heavy atom. The van der Waals surface area contributed by atoms with Gasteiger partial charge in [0.25, 0.3) is 0 Å². The summed E-state index contributed by atoms with van der Waals surface area (Å²) in [6.45, 7) is 6.74. The first-order valence-corrected chi connectivity index (χ1v) is 8.09. The zero-order chi connectivity index (χ0) is 14.2. The average Bonchev–Trinajstić information content (AvgIpc) is 3.28. The van der Waals surface area contributed by atoms with E-state index in [-0.39, 0.29) is 11.6 Å². The molecule has 1 N–H and O–H groups in total. The first-order valence-electron chi connectivity index (χ1n) is 8.09. The number of benzene rings is 1. The van der Waals surface area contributed by atoms with Gasteiger partial charge in [0.15, 0.2) is 0 Å². The number of rotatable bonds is 4. The van der Waals surface area contributed by atoms with Crippen LogP contribution in [0.1, 0.15) is 51.0 Å². The Bertz CT molecular complexity index is 436. The van der Waals surface area contributed by atoms with Gasteiger partial charge in [-0.15, -0.1) is 0 Å². The van der Waals surface area contributed by atoms with Gasteiger partial charge in [-0.25, -0.2) is 0 Å². The van der Waals surface area contributed by atoms with Crippen molar-refractivity contribution in [1.82, 2.24) is 4.90 Å². The molecule has 2 nitrogen and oxygen atoms in total. The Balaban J connectivity index is 1.66. The highest BCUT2D eigenvalue weighted by Gasteiger charge is 2.50. The Morgan fingerprint density at radius 1 is 1.10 bits per heavy atom. The summed E-state index contributed by atoms with van der Waals surface area (Å²) in [5.41, 5.74) is 1.31. The first-order chi connectivity index (χ1) is 9.60. The van der Waals surface area contributed by atoms with E-state index in [0.29, 0.717) is 11.8 Å². The SMILES string of the molecule is CC(C)(C(O)C1CC1c1ccccc1)N1CCCCC1. The highest BCUT2D eigenvalue weighted by molar-refractivity contribution is 5.27. The van der Waals surface area contributed by atoms with Crippen LogP contribution in [0.3, 0.4) is 0 Å². The molecular weight excluding hydrogens is 246 g/mol. The van der Waals surface area contributed by atoms with Gasteiger partial charge in [0.05, 0.1) is 6.10 Å². The Labute approximate surface area is 122 Å². The summed E-state index contributed by atoms with van der Waals surface area (Å²) in [4.78, 5) is 2.50. The van der Waals surface area contributed by atoms with E-state index in [1.165, 1.54) is 24.8 Å². The van der Waals surface area contributed by atoms with Gasteiger partial charge in [0.1, 0.15) is 0 Å². The molecule has 0 radical (unpaired) electrons. The van der Waals surface area contributed by atoms with Crippen LogP contribution in [0.5, 0.6) is 0 Å². The van der Waals surface area contributed by atoms with Gasteiger partial charge >= 0.3 is 0 Å². The maximum absolute atomic E-state index is 10.9. The standard InChI is InChI=1S/C18H27NO/c1-18(2,19-11-7-4-8-12-19)17(20)16-13-15(16)14-9-5-3-6-10-14/h3,5-6,9-10,15-17,20H,4,7-8,11-13H2,1-2H3. The quantitative estimate of drug-likeness (QED) is 0.908. The molecule has 2 aliphatic rings. The van der Waals surface area contributed by atoms with Crippen molar-refractivity contribution in [2.24, 2.45) is 5.92 Å². The third-order valence-electron chi connectivity index (χ3n) is 5.37. The smallest absolute Gasteiger partial charge is 0.0752 e. The molecule has 2 fully saturated rings. The molecule has 0 bridgehead atoms. The van der Waals surface area contributed by atoms with Crippen molar-refractivity contribution in [3.05, 3.63) is 35.9 Å². The molecule has 3 unspecified atom stereocenters. The Morgan fingerprint density at radius 2 is 1.75 bits per heavy atom. The summed E-state index contributed by atoms with van der Waals surface area (Å²) >= 11 is 0. The van der Waals surface area contributed by atoms with E-state index in [4.69, 9.17) is 0 Å². The molecule has 2 heteroatoms. The summed E-state index contributed by atoms with van der Waals surface area (Å²) in [7, 11) is 0.